The summed E-state index contributed by atoms with van der Waals surface area (Å²) in [5.41, 5.74) is 2.65. The van der Waals surface area contributed by atoms with Crippen LogP contribution in [0.4, 0.5) is 0 Å². The molecule has 0 aromatic rings. The maximum Gasteiger partial charge on any atom is 0.314 e. The zero-order chi connectivity index (χ0) is 35.2. The number of rotatable bonds is 16. The molecular weight excluding hydrogens is 688 g/mol. The monoisotopic (exact) mass is 761 g/mol. The first-order valence-corrected chi connectivity index (χ1v) is 35.5. The number of hydrogen-bond donors (Lipinski definition) is 2. The molecule has 0 spiro atoms. The Morgan fingerprint density at radius 3 is 1.48 bits per heavy atom. The van der Waals surface area contributed by atoms with E-state index in [2.05, 4.69) is 74.0 Å². The first-order chi connectivity index (χ1) is 19.9. The molecule has 4 nitrogen and oxygen atoms in total. The molecule has 4 atom stereocenters. The molecule has 266 valence electrons. The molecule has 0 radical (unpaired) electrons. The Balaban J connectivity index is 0. The van der Waals surface area contributed by atoms with Gasteiger partial charge in [-0.05, 0) is 79.7 Å². The quantitative estimate of drug-likeness (QED) is 0.0934. The molecular formula is C32H75Cl2O4Si6-. The van der Waals surface area contributed by atoms with Gasteiger partial charge in [0.1, 0.15) is 0 Å². The Morgan fingerprint density at radius 2 is 1.20 bits per heavy atom. The third-order valence-corrected chi connectivity index (χ3v) is 45.5. The van der Waals surface area contributed by atoms with Crippen molar-refractivity contribution in [1.29, 1.82) is 0 Å². The van der Waals surface area contributed by atoms with Crippen LogP contribution in [0.2, 0.25) is 98.0 Å². The predicted molar refractivity (Wildman–Crippen MR) is 218 cm³/mol. The summed E-state index contributed by atoms with van der Waals surface area (Å²) < 4.78 is 13.3. The van der Waals surface area contributed by atoms with Gasteiger partial charge in [-0.2, -0.15) is 0 Å². The molecule has 44 heavy (non-hydrogen) atoms. The number of hydrogen-bond acceptors (Lipinski definition) is 4. The number of halogens is 2. The minimum absolute atomic E-state index is 0.181. The standard InChI is InChI=1S/C12H29ClO2Si3.C12H24ClSi.C8H22O2Si2/c1-7-16(4)12(3)17(5,8-2)15-18(6,14-16)11-9-10-13;1-11(2)9-14(5,8-6-7-13)10-12(3)4;1-6-11(4,9)8(3)12(5,10)7-2/h12H,7-11H2,1-6H3;14H,1,3,6-10H2,2,4-5H3;8-10H,6-7H2,1-5H3/q;-1;. The largest absolute Gasteiger partial charge is 0.436 e. The average Bonchev–Trinajstić information content (AvgIpc) is 2.93. The van der Waals surface area contributed by atoms with Crippen molar-refractivity contribution in [3.05, 3.63) is 24.3 Å². The van der Waals surface area contributed by atoms with Gasteiger partial charge in [0.25, 0.3) is 0 Å². The van der Waals surface area contributed by atoms with Crippen molar-refractivity contribution < 1.29 is 17.8 Å². The molecule has 0 saturated carbocycles. The summed E-state index contributed by atoms with van der Waals surface area (Å²) in [6.45, 7) is 38.9. The molecule has 0 amide bonds. The molecule has 4 unspecified atom stereocenters. The van der Waals surface area contributed by atoms with Crippen LogP contribution in [0.1, 0.15) is 68.2 Å². The van der Waals surface area contributed by atoms with E-state index in [4.69, 9.17) is 31.4 Å². The summed E-state index contributed by atoms with van der Waals surface area (Å²) in [6.07, 6.45) is 2.18. The van der Waals surface area contributed by atoms with Crippen molar-refractivity contribution in [2.75, 3.05) is 11.8 Å². The van der Waals surface area contributed by atoms with Crippen LogP contribution in [0.3, 0.4) is 0 Å². The zero-order valence-electron chi connectivity index (χ0n) is 31.6. The van der Waals surface area contributed by atoms with E-state index in [0.29, 0.717) is 5.16 Å². The fraction of sp³-hybridized carbons (Fsp3) is 0.875. The molecule has 0 aromatic carbocycles. The third kappa shape index (κ3) is 16.1. The summed E-state index contributed by atoms with van der Waals surface area (Å²) in [5, 5.41) is 0.872. The predicted octanol–water partition coefficient (Wildman–Crippen LogP) is 11.5. The van der Waals surface area contributed by atoms with Crippen molar-refractivity contribution in [3.8, 4) is 0 Å². The van der Waals surface area contributed by atoms with E-state index in [1.807, 2.05) is 33.9 Å². The molecule has 1 saturated heterocycles. The van der Waals surface area contributed by atoms with E-state index >= 15 is 0 Å². The minimum atomic E-state index is -2.13. The van der Waals surface area contributed by atoms with Crippen LogP contribution in [0.25, 0.3) is 0 Å². The third-order valence-electron chi connectivity index (χ3n) is 10.9. The molecule has 12 heteroatoms. The molecule has 1 fully saturated rings. The van der Waals surface area contributed by atoms with Crippen LogP contribution < -0.4 is 0 Å². The maximum atomic E-state index is 10.1. The second kappa shape index (κ2) is 20.7. The van der Waals surface area contributed by atoms with Crippen LogP contribution in [0.5, 0.6) is 0 Å². The molecule has 0 aliphatic carbocycles. The SMILES string of the molecule is C=C(C)C[SiH-](C)(CCCCl)CC(=C)C.CC[Si](C)(O)C(C)[Si](C)(O)CC.CC[Si]1(C)O[Si](C)(CCCCl)O[Si](C)(CC)C1C. The van der Waals surface area contributed by atoms with E-state index in [1.165, 1.54) is 41.4 Å². The Morgan fingerprint density at radius 1 is 0.841 bits per heavy atom. The molecule has 1 aliphatic heterocycles. The van der Waals surface area contributed by atoms with Crippen molar-refractivity contribution in [1.82, 2.24) is 0 Å². The van der Waals surface area contributed by atoms with Gasteiger partial charge in [-0.1, -0.05) is 41.5 Å². The van der Waals surface area contributed by atoms with E-state index in [1.54, 1.807) is 0 Å². The molecule has 0 aromatic heterocycles. The van der Waals surface area contributed by atoms with Gasteiger partial charge in [0.15, 0.2) is 33.3 Å². The van der Waals surface area contributed by atoms with E-state index in [9.17, 15) is 9.59 Å². The van der Waals surface area contributed by atoms with Crippen LogP contribution in [-0.4, -0.2) is 71.3 Å². The van der Waals surface area contributed by atoms with Crippen LogP contribution in [0.15, 0.2) is 24.3 Å². The van der Waals surface area contributed by atoms with Gasteiger partial charge >= 0.3 is 103 Å². The average molecular weight is 763 g/mol. The van der Waals surface area contributed by atoms with Crippen molar-refractivity contribution >= 4 is 73.1 Å². The first-order valence-electron chi connectivity index (χ1n) is 17.4. The normalized spacial score (nSPS) is 29.1. The van der Waals surface area contributed by atoms with E-state index < -0.39 is 49.9 Å². The summed E-state index contributed by atoms with van der Waals surface area (Å²) in [5.74, 6) is 1.52. The van der Waals surface area contributed by atoms with Crippen molar-refractivity contribution in [3.63, 3.8) is 0 Å². The van der Waals surface area contributed by atoms with Gasteiger partial charge in [0.2, 0.25) is 0 Å². The summed E-state index contributed by atoms with van der Waals surface area (Å²) >= 11 is 11.6. The van der Waals surface area contributed by atoms with Gasteiger partial charge in [-0.3, -0.25) is 0 Å². The summed E-state index contributed by atoms with van der Waals surface area (Å²) in [7, 11) is -10.9. The molecule has 2 N–H and O–H groups in total. The van der Waals surface area contributed by atoms with Gasteiger partial charge in [0.05, 0.1) is 0 Å². The molecule has 1 aliphatic rings. The van der Waals surface area contributed by atoms with E-state index in [0.717, 1.165) is 42.7 Å². The Hall–Kier alpha value is 1.20. The smallest absolute Gasteiger partial charge is 0.314 e. The fourth-order valence-corrected chi connectivity index (χ4v) is 41.9. The topological polar surface area (TPSA) is 58.9 Å². The Kier molecular flexibility index (Phi) is 22.2. The van der Waals surface area contributed by atoms with Crippen molar-refractivity contribution in [2.24, 2.45) is 0 Å². The van der Waals surface area contributed by atoms with Gasteiger partial charge in [-0.15, -0.1) is 11.6 Å². The molecule has 1 heterocycles. The van der Waals surface area contributed by atoms with Gasteiger partial charge in [0, 0.05) is 5.88 Å². The van der Waals surface area contributed by atoms with Crippen LogP contribution >= 0.6 is 23.2 Å². The fourth-order valence-electron chi connectivity index (χ4n) is 6.89. The second-order valence-electron chi connectivity index (χ2n) is 15.6. The van der Waals surface area contributed by atoms with Crippen LogP contribution in [-0.2, 0) is 8.23 Å². The number of alkyl halides is 2. The molecule has 0 bridgehead atoms. The maximum absolute atomic E-state index is 10.1. The van der Waals surface area contributed by atoms with Gasteiger partial charge < -0.3 is 17.8 Å². The molecule has 1 rings (SSSR count). The summed E-state index contributed by atoms with van der Waals surface area (Å²) in [6, 6.07) is 9.00. The Bertz CT molecular complexity index is 811. The zero-order valence-corrected chi connectivity index (χ0v) is 39.3. The summed E-state index contributed by atoms with van der Waals surface area (Å²) in [4.78, 5) is 20.1. The minimum Gasteiger partial charge on any atom is -0.436 e. The first kappa shape index (κ1) is 47.3. The van der Waals surface area contributed by atoms with E-state index in [-0.39, 0.29) is 5.16 Å². The van der Waals surface area contributed by atoms with Crippen LogP contribution in [0, 0.1) is 0 Å². The van der Waals surface area contributed by atoms with Crippen molar-refractivity contribution in [2.45, 2.75) is 166 Å². The second-order valence-corrected chi connectivity index (χ2v) is 44.4. The Labute approximate surface area is 291 Å². The van der Waals surface area contributed by atoms with Gasteiger partial charge in [-0.25, -0.2) is 0 Å². The number of allylic oxidation sites excluding steroid dienone is 2.